The zero-order chi connectivity index (χ0) is 11.3. The van der Waals surface area contributed by atoms with Crippen LogP contribution in [0.1, 0.15) is 10.4 Å². The van der Waals surface area contributed by atoms with Gasteiger partial charge < -0.3 is 10.0 Å². The highest BCUT2D eigenvalue weighted by atomic mass is 32.2. The van der Waals surface area contributed by atoms with Gasteiger partial charge >= 0.3 is 0 Å². The molecule has 1 amide bonds. The third-order valence-electron chi connectivity index (χ3n) is 2.11. The first kappa shape index (κ1) is 11.9. The second kappa shape index (κ2) is 5.66. The molecule has 0 saturated carbocycles. The number of rotatable bonds is 4. The van der Waals surface area contributed by atoms with Crippen LogP contribution in [-0.2, 0) is 0 Å². The van der Waals surface area contributed by atoms with Gasteiger partial charge in [0.25, 0.3) is 5.91 Å². The van der Waals surface area contributed by atoms with Crippen molar-refractivity contribution in [3.63, 3.8) is 0 Å². The van der Waals surface area contributed by atoms with Crippen molar-refractivity contribution in [2.45, 2.75) is 0 Å². The summed E-state index contributed by atoms with van der Waals surface area (Å²) in [6, 6.07) is 6.60. The molecule has 15 heavy (non-hydrogen) atoms. The summed E-state index contributed by atoms with van der Waals surface area (Å²) in [7, 11) is 1.74. The number of hydrogen-bond acceptors (Lipinski definition) is 3. The van der Waals surface area contributed by atoms with E-state index in [1.165, 1.54) is 6.07 Å². The minimum Gasteiger partial charge on any atom is -0.507 e. The van der Waals surface area contributed by atoms with Crippen LogP contribution in [0.2, 0.25) is 0 Å². The molecule has 0 aromatic heterocycles. The maximum atomic E-state index is 11.8. The average Bonchev–Trinajstić information content (AvgIpc) is 2.25. The van der Waals surface area contributed by atoms with Crippen LogP contribution in [0.25, 0.3) is 0 Å². The molecule has 1 aromatic carbocycles. The summed E-state index contributed by atoms with van der Waals surface area (Å²) in [6.07, 6.45) is 2.00. The summed E-state index contributed by atoms with van der Waals surface area (Å²) in [5.41, 5.74) is 0.362. The van der Waals surface area contributed by atoms with E-state index in [0.29, 0.717) is 12.1 Å². The summed E-state index contributed by atoms with van der Waals surface area (Å²) >= 11 is 1.69. The van der Waals surface area contributed by atoms with Crippen molar-refractivity contribution in [3.8, 4) is 5.75 Å². The van der Waals surface area contributed by atoms with E-state index in [0.717, 1.165) is 5.75 Å². The summed E-state index contributed by atoms with van der Waals surface area (Å²) in [5.74, 6) is 0.802. The van der Waals surface area contributed by atoms with E-state index < -0.39 is 0 Å². The van der Waals surface area contributed by atoms with E-state index in [4.69, 9.17) is 0 Å². The molecule has 0 spiro atoms. The molecule has 3 nitrogen and oxygen atoms in total. The van der Waals surface area contributed by atoms with Crippen LogP contribution in [-0.4, -0.2) is 41.5 Å². The van der Waals surface area contributed by atoms with E-state index in [9.17, 15) is 9.90 Å². The van der Waals surface area contributed by atoms with Crippen molar-refractivity contribution in [2.24, 2.45) is 0 Å². The van der Waals surface area contributed by atoms with Gasteiger partial charge in [-0.3, -0.25) is 4.79 Å². The molecule has 0 aliphatic rings. The number of aromatic hydroxyl groups is 1. The molecular formula is C11H15NO2S. The fourth-order valence-corrected chi connectivity index (χ4v) is 1.65. The molecule has 4 heteroatoms. The van der Waals surface area contributed by atoms with Gasteiger partial charge in [-0.1, -0.05) is 12.1 Å². The molecule has 0 bridgehead atoms. The number of para-hydroxylation sites is 1. The molecular weight excluding hydrogens is 210 g/mol. The normalized spacial score (nSPS) is 10.0. The van der Waals surface area contributed by atoms with E-state index in [1.807, 2.05) is 6.26 Å². The Kier molecular flexibility index (Phi) is 4.49. The maximum absolute atomic E-state index is 11.8. The van der Waals surface area contributed by atoms with E-state index >= 15 is 0 Å². The van der Waals surface area contributed by atoms with Gasteiger partial charge in [0.1, 0.15) is 5.75 Å². The lowest BCUT2D eigenvalue weighted by atomic mass is 10.2. The van der Waals surface area contributed by atoms with Crippen molar-refractivity contribution in [1.82, 2.24) is 4.90 Å². The van der Waals surface area contributed by atoms with Crippen LogP contribution >= 0.6 is 11.8 Å². The highest BCUT2D eigenvalue weighted by Crippen LogP contribution is 2.17. The largest absolute Gasteiger partial charge is 0.507 e. The number of hydrogen-bond donors (Lipinski definition) is 1. The molecule has 0 heterocycles. The maximum Gasteiger partial charge on any atom is 0.257 e. The topological polar surface area (TPSA) is 40.5 Å². The summed E-state index contributed by atoms with van der Waals surface area (Å²) in [5, 5.41) is 9.50. The number of carbonyl (C=O) groups is 1. The first-order valence-electron chi connectivity index (χ1n) is 4.69. The van der Waals surface area contributed by atoms with E-state index in [2.05, 4.69) is 0 Å². The molecule has 0 aliphatic heterocycles. The number of amides is 1. The van der Waals surface area contributed by atoms with Crippen LogP contribution in [0.4, 0.5) is 0 Å². The fraction of sp³-hybridized carbons (Fsp3) is 0.364. The highest BCUT2D eigenvalue weighted by Gasteiger charge is 2.14. The first-order chi connectivity index (χ1) is 7.16. The Labute approximate surface area is 94.1 Å². The third kappa shape index (κ3) is 3.16. The van der Waals surface area contributed by atoms with Crippen molar-refractivity contribution in [3.05, 3.63) is 29.8 Å². The van der Waals surface area contributed by atoms with Crippen LogP contribution < -0.4 is 0 Å². The predicted octanol–water partition coefficient (Wildman–Crippen LogP) is 1.83. The monoisotopic (exact) mass is 225 g/mol. The summed E-state index contributed by atoms with van der Waals surface area (Å²) < 4.78 is 0. The molecule has 82 valence electrons. The number of phenols is 1. The SMILES string of the molecule is CSCCN(C)C(=O)c1ccccc1O. The zero-order valence-electron chi connectivity index (χ0n) is 8.93. The molecule has 1 N–H and O–H groups in total. The van der Waals surface area contributed by atoms with Crippen LogP contribution in [0.3, 0.4) is 0 Å². The van der Waals surface area contributed by atoms with E-state index in [1.54, 1.807) is 41.9 Å². The van der Waals surface area contributed by atoms with Gasteiger partial charge in [-0.25, -0.2) is 0 Å². The molecule has 0 unspecified atom stereocenters. The predicted molar refractivity (Wildman–Crippen MR) is 63.4 cm³/mol. The zero-order valence-corrected chi connectivity index (χ0v) is 9.75. The van der Waals surface area contributed by atoms with Gasteiger partial charge in [-0.05, 0) is 18.4 Å². The molecule has 0 aliphatic carbocycles. The average molecular weight is 225 g/mol. The van der Waals surface area contributed by atoms with Gasteiger partial charge in [0.15, 0.2) is 0 Å². The Hall–Kier alpha value is -1.16. The number of thioether (sulfide) groups is 1. The minimum absolute atomic E-state index is 0.0403. The number of benzene rings is 1. The summed E-state index contributed by atoms with van der Waals surface area (Å²) in [6.45, 7) is 0.689. The lowest BCUT2D eigenvalue weighted by molar-refractivity contribution is 0.0801. The third-order valence-corrected chi connectivity index (χ3v) is 2.70. The van der Waals surface area contributed by atoms with Crippen molar-refractivity contribution in [1.29, 1.82) is 0 Å². The lowest BCUT2D eigenvalue weighted by Gasteiger charge is -2.16. The fourth-order valence-electron chi connectivity index (χ4n) is 1.19. The standard InChI is InChI=1S/C11H15NO2S/c1-12(7-8-15-2)11(14)9-5-3-4-6-10(9)13/h3-6,13H,7-8H2,1-2H3. The quantitative estimate of drug-likeness (QED) is 0.850. The second-order valence-electron chi connectivity index (χ2n) is 3.24. The van der Waals surface area contributed by atoms with Crippen LogP contribution in [0, 0.1) is 0 Å². The van der Waals surface area contributed by atoms with Gasteiger partial charge in [-0.15, -0.1) is 0 Å². The van der Waals surface area contributed by atoms with Gasteiger partial charge in [0.2, 0.25) is 0 Å². The van der Waals surface area contributed by atoms with E-state index in [-0.39, 0.29) is 11.7 Å². The Morgan fingerprint density at radius 3 is 2.73 bits per heavy atom. The first-order valence-corrected chi connectivity index (χ1v) is 6.08. The van der Waals surface area contributed by atoms with Gasteiger partial charge in [-0.2, -0.15) is 11.8 Å². The summed E-state index contributed by atoms with van der Waals surface area (Å²) in [4.78, 5) is 13.4. The molecule has 1 rings (SSSR count). The highest BCUT2D eigenvalue weighted by molar-refractivity contribution is 7.98. The molecule has 0 atom stereocenters. The molecule has 0 saturated heterocycles. The van der Waals surface area contributed by atoms with Crippen molar-refractivity contribution < 1.29 is 9.90 Å². The number of nitrogens with zero attached hydrogens (tertiary/aromatic N) is 1. The lowest BCUT2D eigenvalue weighted by Crippen LogP contribution is -2.28. The molecule has 0 fully saturated rings. The smallest absolute Gasteiger partial charge is 0.257 e. The van der Waals surface area contributed by atoms with Gasteiger partial charge in [0, 0.05) is 19.3 Å². The van der Waals surface area contributed by atoms with Crippen molar-refractivity contribution >= 4 is 17.7 Å². The number of phenolic OH excluding ortho intramolecular Hbond substituents is 1. The van der Waals surface area contributed by atoms with Crippen molar-refractivity contribution in [2.75, 3.05) is 25.6 Å². The number of carbonyl (C=O) groups excluding carboxylic acids is 1. The Bertz CT molecular complexity index is 341. The molecule has 1 aromatic rings. The minimum atomic E-state index is -0.137. The van der Waals surface area contributed by atoms with Gasteiger partial charge in [0.05, 0.1) is 5.56 Å². The Balaban J connectivity index is 2.72. The van der Waals surface area contributed by atoms with Crippen LogP contribution in [0.15, 0.2) is 24.3 Å². The molecule has 0 radical (unpaired) electrons. The Morgan fingerprint density at radius 1 is 1.47 bits per heavy atom. The Morgan fingerprint density at radius 2 is 2.13 bits per heavy atom. The second-order valence-corrected chi connectivity index (χ2v) is 4.22. The van der Waals surface area contributed by atoms with Crippen LogP contribution in [0.5, 0.6) is 5.75 Å².